The number of benzene rings is 1. The van der Waals surface area contributed by atoms with Gasteiger partial charge in [-0.3, -0.25) is 4.98 Å². The second kappa shape index (κ2) is 6.95. The first kappa shape index (κ1) is 20.6. The Labute approximate surface area is 179 Å². The molecule has 1 heterocycles. The third-order valence-electron chi connectivity index (χ3n) is 6.89. The van der Waals surface area contributed by atoms with E-state index >= 15 is 0 Å². The van der Waals surface area contributed by atoms with Crippen LogP contribution in [0.25, 0.3) is 0 Å². The van der Waals surface area contributed by atoms with Crippen molar-refractivity contribution in [3.63, 3.8) is 0 Å². The summed E-state index contributed by atoms with van der Waals surface area (Å²) in [5.41, 5.74) is 7.82. The van der Waals surface area contributed by atoms with Crippen LogP contribution < -0.4 is 11.7 Å². The normalized spacial score (nSPS) is 20.5. The smallest absolute Gasteiger partial charge is 0.234 e. The Morgan fingerprint density at radius 2 is 1.67 bits per heavy atom. The predicted molar refractivity (Wildman–Crippen MR) is 121 cm³/mol. The van der Waals surface area contributed by atoms with Crippen molar-refractivity contribution in [2.24, 2.45) is 16.8 Å². The average molecular weight is 405 g/mol. The van der Waals surface area contributed by atoms with Crippen LogP contribution in [0.15, 0.2) is 47.7 Å². The van der Waals surface area contributed by atoms with E-state index in [-0.39, 0.29) is 22.1 Å². The Morgan fingerprint density at radius 1 is 1.03 bits per heavy atom. The van der Waals surface area contributed by atoms with Crippen LogP contribution in [0.2, 0.25) is 0 Å². The second-order valence-corrected chi connectivity index (χ2v) is 9.94. The lowest BCUT2D eigenvalue weighted by molar-refractivity contribution is 0.312. The van der Waals surface area contributed by atoms with E-state index < -0.39 is 0 Å². The van der Waals surface area contributed by atoms with E-state index in [4.69, 9.17) is 16.7 Å². The molecule has 0 unspecified atom stereocenters. The monoisotopic (exact) mass is 404 g/mol. The van der Waals surface area contributed by atoms with Crippen molar-refractivity contribution in [2.45, 2.75) is 70.1 Å². The fraction of sp³-hybridized carbons (Fsp3) is 0.440. The van der Waals surface area contributed by atoms with Gasteiger partial charge in [-0.05, 0) is 53.6 Å². The first-order chi connectivity index (χ1) is 14.1. The molecule has 1 saturated carbocycles. The van der Waals surface area contributed by atoms with Gasteiger partial charge in [-0.25, -0.2) is 0 Å². The van der Waals surface area contributed by atoms with Gasteiger partial charge >= 0.3 is 0 Å². The maximum Gasteiger partial charge on any atom is 0.234 e. The van der Waals surface area contributed by atoms with Gasteiger partial charge in [0.05, 0.1) is 12.1 Å². The van der Waals surface area contributed by atoms with E-state index in [9.17, 15) is 0 Å². The van der Waals surface area contributed by atoms with Gasteiger partial charge in [0.15, 0.2) is 0 Å². The van der Waals surface area contributed by atoms with Crippen LogP contribution in [0.1, 0.15) is 74.0 Å². The summed E-state index contributed by atoms with van der Waals surface area (Å²) in [6.07, 6.45) is 9.27. The molecular formula is C25H32N4O. The molecule has 5 nitrogen and oxygen atoms in total. The molecule has 1 fully saturated rings. The molecule has 158 valence electrons. The molecule has 0 bridgehead atoms. The number of hydrogen-bond donors (Lipinski definition) is 2. The number of rotatable bonds is 4. The zero-order valence-corrected chi connectivity index (χ0v) is 18.6. The first-order valence-electron chi connectivity index (χ1n) is 10.6. The molecule has 0 atom stereocenters. The number of nitrogens with two attached hydrogens (primary N) is 2. The topological polar surface area (TPSA) is 86.5 Å². The molecule has 30 heavy (non-hydrogen) atoms. The average Bonchev–Trinajstić information content (AvgIpc) is 3.51. The molecule has 0 amide bonds. The van der Waals surface area contributed by atoms with Crippen molar-refractivity contribution >= 4 is 5.90 Å². The van der Waals surface area contributed by atoms with E-state index in [1.807, 2.05) is 6.20 Å². The lowest BCUT2D eigenvalue weighted by atomic mass is 9.66. The molecule has 0 radical (unpaired) electrons. The summed E-state index contributed by atoms with van der Waals surface area (Å²) in [6.45, 7) is 11.5. The van der Waals surface area contributed by atoms with Gasteiger partial charge in [-0.2, -0.15) is 5.90 Å². The number of hydrogen-bond acceptors (Lipinski definition) is 5. The number of nitrogens with zero attached hydrogens (tertiary/aromatic N) is 2. The van der Waals surface area contributed by atoms with E-state index in [1.54, 1.807) is 0 Å². The van der Waals surface area contributed by atoms with Crippen molar-refractivity contribution in [1.29, 1.82) is 0 Å². The van der Waals surface area contributed by atoms with Gasteiger partial charge in [-0.15, -0.1) is 5.10 Å². The largest absolute Gasteiger partial charge is 0.394 e. The minimum absolute atomic E-state index is 0.00812. The van der Waals surface area contributed by atoms with Crippen LogP contribution in [0.4, 0.5) is 0 Å². The van der Waals surface area contributed by atoms with Gasteiger partial charge < -0.3 is 10.7 Å². The number of allylic oxidation sites excluding steroid dienone is 2. The summed E-state index contributed by atoms with van der Waals surface area (Å²) in [6, 6.07) is 9.06. The highest BCUT2D eigenvalue weighted by atomic mass is 16.6. The molecule has 1 aromatic heterocycles. The second-order valence-electron chi connectivity index (χ2n) is 9.94. The van der Waals surface area contributed by atoms with Crippen LogP contribution in [-0.4, -0.2) is 10.9 Å². The summed E-state index contributed by atoms with van der Waals surface area (Å²) in [7, 11) is 0. The molecule has 5 heteroatoms. The quantitative estimate of drug-likeness (QED) is 0.261. The summed E-state index contributed by atoms with van der Waals surface area (Å²) >= 11 is 0. The number of fused-ring (bicyclic) bond motifs is 1. The lowest BCUT2D eigenvalue weighted by Gasteiger charge is -2.38. The number of hydrazone groups is 1. The van der Waals surface area contributed by atoms with Crippen LogP contribution in [0.5, 0.6) is 0 Å². The molecule has 4 rings (SSSR count). The van der Waals surface area contributed by atoms with Gasteiger partial charge in [0.25, 0.3) is 0 Å². The van der Waals surface area contributed by atoms with Crippen molar-refractivity contribution in [2.75, 3.05) is 0 Å². The van der Waals surface area contributed by atoms with E-state index in [1.165, 1.54) is 22.3 Å². The number of pyridine rings is 1. The third-order valence-corrected chi connectivity index (χ3v) is 6.89. The van der Waals surface area contributed by atoms with E-state index in [0.717, 1.165) is 24.1 Å². The molecule has 0 saturated heterocycles. The van der Waals surface area contributed by atoms with Crippen molar-refractivity contribution in [3.05, 3.63) is 76.1 Å². The third kappa shape index (κ3) is 3.31. The molecule has 4 N–H and O–H groups in total. The maximum absolute atomic E-state index is 5.29. The molecule has 2 aliphatic carbocycles. The molecule has 2 aromatic rings. The van der Waals surface area contributed by atoms with Crippen molar-refractivity contribution < 1.29 is 4.84 Å². The fourth-order valence-corrected chi connectivity index (χ4v) is 4.78. The minimum Gasteiger partial charge on any atom is -0.394 e. The minimum atomic E-state index is 0.00812. The Kier molecular flexibility index (Phi) is 4.77. The Hall–Kier alpha value is -2.66. The highest BCUT2D eigenvalue weighted by molar-refractivity contribution is 5.78. The summed E-state index contributed by atoms with van der Waals surface area (Å²) in [5, 5.41) is 3.55. The molecule has 2 aliphatic rings. The molecule has 0 aliphatic heterocycles. The summed E-state index contributed by atoms with van der Waals surface area (Å²) in [4.78, 5) is 9.50. The Bertz CT molecular complexity index is 1030. The SMILES string of the molecule is Cc1cc2c(cc1C1(c3ccc(C/C(=N/N)ON)cn3)CC1)C(C)(C)C=CC2(C)C. The highest BCUT2D eigenvalue weighted by Gasteiger charge is 2.49. The predicted octanol–water partition coefficient (Wildman–Crippen LogP) is 4.30. The van der Waals surface area contributed by atoms with E-state index in [0.29, 0.717) is 6.42 Å². The van der Waals surface area contributed by atoms with E-state index in [2.05, 4.69) is 81.0 Å². The number of aryl methyl sites for hydroxylation is 1. The fourth-order valence-electron chi connectivity index (χ4n) is 4.78. The first-order valence-corrected chi connectivity index (χ1v) is 10.6. The van der Waals surface area contributed by atoms with Crippen LogP contribution in [0, 0.1) is 6.92 Å². The van der Waals surface area contributed by atoms with Gasteiger partial charge in [-0.1, -0.05) is 58.0 Å². The maximum atomic E-state index is 5.29. The molecule has 0 spiro atoms. The Morgan fingerprint density at radius 3 is 2.17 bits per heavy atom. The molecule has 1 aromatic carbocycles. The Balaban J connectivity index is 1.73. The zero-order valence-electron chi connectivity index (χ0n) is 18.6. The van der Waals surface area contributed by atoms with Crippen molar-refractivity contribution in [3.8, 4) is 0 Å². The number of aromatic nitrogens is 1. The zero-order chi connectivity index (χ0) is 21.7. The van der Waals surface area contributed by atoms with Crippen LogP contribution >= 0.6 is 0 Å². The molecular weight excluding hydrogens is 372 g/mol. The summed E-state index contributed by atoms with van der Waals surface area (Å²) < 4.78 is 0. The van der Waals surface area contributed by atoms with Gasteiger partial charge in [0, 0.05) is 22.4 Å². The van der Waals surface area contributed by atoms with Gasteiger partial charge in [0.2, 0.25) is 5.90 Å². The lowest BCUT2D eigenvalue weighted by Crippen LogP contribution is -2.30. The highest BCUT2D eigenvalue weighted by Crippen LogP contribution is 2.55. The standard InChI is InChI=1S/C25H32N4O/c1-16-12-19-20(24(4,5)9-8-23(19,2)3)14-18(16)25(10-11-25)21-7-6-17(15-28-21)13-22(29-26)30-27/h6-9,12,14-15H,10-11,13,26-27H2,1-5H3/b29-22-. The van der Waals surface area contributed by atoms with Crippen LogP contribution in [-0.2, 0) is 27.5 Å². The summed E-state index contributed by atoms with van der Waals surface area (Å²) in [5.74, 6) is 10.8. The van der Waals surface area contributed by atoms with Crippen LogP contribution in [0.3, 0.4) is 0 Å². The van der Waals surface area contributed by atoms with Gasteiger partial charge in [0.1, 0.15) is 0 Å². The van der Waals surface area contributed by atoms with Crippen molar-refractivity contribution in [1.82, 2.24) is 4.98 Å².